The Hall–Kier alpha value is -5.80. The lowest BCUT2D eigenvalue weighted by Gasteiger charge is -2.12. The Morgan fingerprint density at radius 3 is 2.18 bits per heavy atom. The molecule has 44 heavy (non-hydrogen) atoms. The van der Waals surface area contributed by atoms with E-state index in [1.54, 1.807) is 0 Å². The summed E-state index contributed by atoms with van der Waals surface area (Å²) >= 11 is 0. The average Bonchev–Trinajstić information content (AvgIpc) is 3.09. The zero-order chi connectivity index (χ0) is 29.5. The quantitative estimate of drug-likeness (QED) is 0.167. The lowest BCUT2D eigenvalue weighted by Crippen LogP contribution is -1.95. The first kappa shape index (κ1) is 25.9. The molecule has 2 N–H and O–H groups in total. The molecule has 2 aromatic heterocycles. The number of allylic oxidation sites excluding steroid dienone is 1. The van der Waals surface area contributed by atoms with Gasteiger partial charge in [0.05, 0.1) is 22.4 Å². The zero-order valence-corrected chi connectivity index (χ0v) is 24.1. The van der Waals surface area contributed by atoms with Crippen molar-refractivity contribution in [3.8, 4) is 22.4 Å². The molecule has 0 fully saturated rings. The average molecular weight is 564 g/mol. The number of nitrogens with zero attached hydrogens (tertiary/aromatic N) is 2. The van der Waals surface area contributed by atoms with Crippen LogP contribution in [-0.4, -0.2) is 9.97 Å². The van der Waals surface area contributed by atoms with E-state index in [2.05, 4.69) is 145 Å². The second-order valence-electron chi connectivity index (χ2n) is 11.2. The van der Waals surface area contributed by atoms with Crippen LogP contribution in [-0.2, 0) is 6.42 Å². The minimum atomic E-state index is 0.699. The zero-order valence-electron chi connectivity index (χ0n) is 24.1. The third-order valence-corrected chi connectivity index (χ3v) is 8.53. The molecule has 0 saturated heterocycles. The van der Waals surface area contributed by atoms with Gasteiger partial charge in [-0.3, -0.25) is 4.98 Å². The molecular formula is C41H29N3. The molecule has 0 saturated carbocycles. The van der Waals surface area contributed by atoms with Crippen molar-refractivity contribution in [2.24, 2.45) is 0 Å². The monoisotopic (exact) mass is 563 g/mol. The molecule has 0 atom stereocenters. The molecule has 208 valence electrons. The highest BCUT2D eigenvalue weighted by Gasteiger charge is 2.12. The first-order chi connectivity index (χ1) is 21.7. The molecule has 0 unspecified atom stereocenters. The van der Waals surface area contributed by atoms with Crippen LogP contribution in [0.2, 0.25) is 0 Å². The summed E-state index contributed by atoms with van der Waals surface area (Å²) in [6.45, 7) is 0. The highest BCUT2D eigenvalue weighted by molar-refractivity contribution is 6.13. The maximum absolute atomic E-state index is 6.76. The molecule has 8 aromatic rings. The first-order valence-electron chi connectivity index (χ1n) is 14.9. The van der Waals surface area contributed by atoms with Gasteiger partial charge in [0.2, 0.25) is 0 Å². The SMILES string of the molecule is Nc1c(/C=C\Cc2ccc(-c3cccc4cccnc34)cc2)ccc2ccc(-c3cc4ccccc4c4ccccc34)nc12. The molecule has 0 radical (unpaired) electrons. The topological polar surface area (TPSA) is 51.8 Å². The van der Waals surface area contributed by atoms with Crippen molar-refractivity contribution < 1.29 is 0 Å². The Labute approximate surface area is 256 Å². The fourth-order valence-corrected chi connectivity index (χ4v) is 6.27. The summed E-state index contributed by atoms with van der Waals surface area (Å²) in [4.78, 5) is 9.74. The maximum atomic E-state index is 6.76. The van der Waals surface area contributed by atoms with Gasteiger partial charge >= 0.3 is 0 Å². The summed E-state index contributed by atoms with van der Waals surface area (Å²) in [6, 6.07) is 46.9. The normalized spacial score (nSPS) is 11.7. The second-order valence-corrected chi connectivity index (χ2v) is 11.2. The Morgan fingerprint density at radius 2 is 1.30 bits per heavy atom. The number of aromatic nitrogens is 2. The molecule has 0 aliphatic carbocycles. The van der Waals surface area contributed by atoms with Crippen LogP contribution in [0.5, 0.6) is 0 Å². The molecule has 8 rings (SSSR count). The third kappa shape index (κ3) is 4.56. The van der Waals surface area contributed by atoms with Gasteiger partial charge < -0.3 is 5.73 Å². The van der Waals surface area contributed by atoms with Gasteiger partial charge in [0.25, 0.3) is 0 Å². The number of nitrogens with two attached hydrogens (primary N) is 1. The van der Waals surface area contributed by atoms with Crippen LogP contribution in [0.15, 0.2) is 146 Å². The van der Waals surface area contributed by atoms with Crippen molar-refractivity contribution >= 4 is 55.1 Å². The molecule has 6 aromatic carbocycles. The molecule has 0 aliphatic heterocycles. The number of para-hydroxylation sites is 1. The number of fused-ring (bicyclic) bond motifs is 5. The lowest BCUT2D eigenvalue weighted by molar-refractivity contribution is 1.28. The van der Waals surface area contributed by atoms with Crippen molar-refractivity contribution in [1.29, 1.82) is 0 Å². The fraction of sp³-hybridized carbons (Fsp3) is 0.0244. The summed E-state index contributed by atoms with van der Waals surface area (Å²) in [6.07, 6.45) is 6.94. The van der Waals surface area contributed by atoms with E-state index in [0.29, 0.717) is 5.69 Å². The van der Waals surface area contributed by atoms with Crippen molar-refractivity contribution in [3.63, 3.8) is 0 Å². The van der Waals surface area contributed by atoms with Gasteiger partial charge in [0, 0.05) is 28.1 Å². The number of anilines is 1. The van der Waals surface area contributed by atoms with Crippen LogP contribution in [0.3, 0.4) is 0 Å². The van der Waals surface area contributed by atoms with Gasteiger partial charge in [0.15, 0.2) is 0 Å². The molecular weight excluding hydrogens is 534 g/mol. The summed E-state index contributed by atoms with van der Waals surface area (Å²) in [5.74, 6) is 0. The van der Waals surface area contributed by atoms with Crippen LogP contribution in [0.1, 0.15) is 11.1 Å². The highest BCUT2D eigenvalue weighted by Crippen LogP contribution is 2.36. The minimum absolute atomic E-state index is 0.699. The summed E-state index contributed by atoms with van der Waals surface area (Å²) in [5.41, 5.74) is 15.9. The predicted octanol–water partition coefficient (Wildman–Crippen LogP) is 10.3. The standard InChI is InChI=1S/C41H29N3/c42-39-29(10-5-8-27-17-19-28(20-18-27)34-16-6-11-30-12-7-25-43-40(30)34)21-22-31-23-24-38(44-41(31)39)37-26-32-9-1-2-13-33(32)35-14-3-4-15-36(35)37/h1-7,9-26H,8,42H2/b10-5-. The fourth-order valence-electron chi connectivity index (χ4n) is 6.27. The minimum Gasteiger partial charge on any atom is -0.396 e. The van der Waals surface area contributed by atoms with Crippen LogP contribution in [0, 0.1) is 0 Å². The van der Waals surface area contributed by atoms with Crippen LogP contribution in [0.25, 0.3) is 71.8 Å². The van der Waals surface area contributed by atoms with Gasteiger partial charge in [-0.1, -0.05) is 127 Å². The summed E-state index contributed by atoms with van der Waals surface area (Å²) < 4.78 is 0. The van der Waals surface area contributed by atoms with E-state index in [-0.39, 0.29) is 0 Å². The summed E-state index contributed by atoms with van der Waals surface area (Å²) in [7, 11) is 0. The lowest BCUT2D eigenvalue weighted by atomic mass is 9.95. The Morgan fingerprint density at radius 1 is 0.568 bits per heavy atom. The molecule has 3 nitrogen and oxygen atoms in total. The van der Waals surface area contributed by atoms with E-state index in [9.17, 15) is 0 Å². The van der Waals surface area contributed by atoms with Crippen LogP contribution < -0.4 is 5.73 Å². The molecule has 2 heterocycles. The van der Waals surface area contributed by atoms with Gasteiger partial charge in [-0.05, 0) is 62.9 Å². The summed E-state index contributed by atoms with van der Waals surface area (Å²) in [5, 5.41) is 7.06. The van der Waals surface area contributed by atoms with E-state index < -0.39 is 0 Å². The highest BCUT2D eigenvalue weighted by atomic mass is 14.7. The third-order valence-electron chi connectivity index (χ3n) is 8.53. The molecule has 0 bridgehead atoms. The van der Waals surface area contributed by atoms with E-state index >= 15 is 0 Å². The smallest absolute Gasteiger partial charge is 0.0944 e. The van der Waals surface area contributed by atoms with Gasteiger partial charge in [-0.15, -0.1) is 0 Å². The van der Waals surface area contributed by atoms with E-state index in [1.807, 2.05) is 12.3 Å². The Kier molecular flexibility index (Phi) is 6.35. The van der Waals surface area contributed by atoms with Crippen molar-refractivity contribution in [3.05, 3.63) is 157 Å². The van der Waals surface area contributed by atoms with Crippen molar-refractivity contribution in [2.45, 2.75) is 6.42 Å². The van der Waals surface area contributed by atoms with Crippen LogP contribution >= 0.6 is 0 Å². The van der Waals surface area contributed by atoms with E-state index in [1.165, 1.54) is 32.7 Å². The molecule has 0 aliphatic rings. The van der Waals surface area contributed by atoms with E-state index in [4.69, 9.17) is 10.7 Å². The number of nitrogen functional groups attached to an aromatic ring is 1. The first-order valence-corrected chi connectivity index (χ1v) is 14.9. The molecule has 0 spiro atoms. The molecule has 0 amide bonds. The van der Waals surface area contributed by atoms with E-state index in [0.717, 1.165) is 50.6 Å². The van der Waals surface area contributed by atoms with Crippen LogP contribution in [0.4, 0.5) is 5.69 Å². The maximum Gasteiger partial charge on any atom is 0.0944 e. The second kappa shape index (κ2) is 10.8. The number of hydrogen-bond donors (Lipinski definition) is 1. The Balaban J connectivity index is 1.09. The predicted molar refractivity (Wildman–Crippen MR) is 187 cm³/mol. The van der Waals surface area contributed by atoms with Gasteiger partial charge in [-0.25, -0.2) is 4.98 Å². The van der Waals surface area contributed by atoms with Gasteiger partial charge in [0.1, 0.15) is 0 Å². The van der Waals surface area contributed by atoms with Crippen molar-refractivity contribution in [2.75, 3.05) is 5.73 Å². The number of rotatable bonds is 5. The molecule has 3 heteroatoms. The van der Waals surface area contributed by atoms with Crippen molar-refractivity contribution in [1.82, 2.24) is 9.97 Å². The number of pyridine rings is 2. The number of benzene rings is 6. The number of hydrogen-bond acceptors (Lipinski definition) is 3. The largest absolute Gasteiger partial charge is 0.396 e. The Bertz CT molecular complexity index is 2360. The van der Waals surface area contributed by atoms with Gasteiger partial charge in [-0.2, -0.15) is 0 Å².